The lowest BCUT2D eigenvalue weighted by Crippen LogP contribution is -2.25. The molecule has 0 saturated heterocycles. The van der Waals surface area contributed by atoms with E-state index < -0.39 is 17.6 Å². The summed E-state index contributed by atoms with van der Waals surface area (Å²) in [6.07, 6.45) is 24.9. The average molecular weight is 539 g/mol. The Hall–Kier alpha value is -1.06. The summed E-state index contributed by atoms with van der Waals surface area (Å²) < 4.78 is 52.6. The summed E-state index contributed by atoms with van der Waals surface area (Å²) in [7, 11) is 0. The Morgan fingerprint density at radius 2 is 1.11 bits per heavy atom. The van der Waals surface area contributed by atoms with E-state index in [4.69, 9.17) is 0 Å². The van der Waals surface area contributed by atoms with Crippen molar-refractivity contribution in [3.8, 4) is 0 Å². The van der Waals surface area contributed by atoms with Gasteiger partial charge in [0.05, 0.1) is 5.56 Å². The molecule has 2 aliphatic rings. The van der Waals surface area contributed by atoms with Gasteiger partial charge < -0.3 is 0 Å². The molecule has 2 saturated carbocycles. The number of hydrogen-bond acceptors (Lipinski definition) is 0. The first-order chi connectivity index (χ1) is 18.4. The van der Waals surface area contributed by atoms with E-state index >= 15 is 0 Å². The topological polar surface area (TPSA) is 0 Å². The maximum atomic E-state index is 14.0. The average Bonchev–Trinajstić information content (AvgIpc) is 2.91. The Labute approximate surface area is 230 Å². The predicted molar refractivity (Wildman–Crippen MR) is 152 cm³/mol. The molecular formula is C34H54F4. The number of rotatable bonds is 16. The molecule has 2 fully saturated rings. The van der Waals surface area contributed by atoms with E-state index in [1.165, 1.54) is 122 Å². The van der Waals surface area contributed by atoms with Crippen molar-refractivity contribution < 1.29 is 17.6 Å². The fourth-order valence-electron chi connectivity index (χ4n) is 7.34. The van der Waals surface area contributed by atoms with Crippen molar-refractivity contribution in [3.63, 3.8) is 0 Å². The second-order valence-corrected chi connectivity index (χ2v) is 12.7. The van der Waals surface area contributed by atoms with Crippen LogP contribution in [0.3, 0.4) is 0 Å². The maximum absolute atomic E-state index is 14.0. The second-order valence-electron chi connectivity index (χ2n) is 12.7. The molecule has 0 radical (unpaired) electrons. The molecule has 0 aromatic heterocycles. The Morgan fingerprint density at radius 3 is 1.58 bits per heavy atom. The largest absolute Gasteiger partial charge is 0.419 e. The quantitative estimate of drug-likeness (QED) is 0.145. The monoisotopic (exact) mass is 538 g/mol. The van der Waals surface area contributed by atoms with Gasteiger partial charge in [-0.15, -0.1) is 0 Å². The number of benzene rings is 1. The van der Waals surface area contributed by atoms with Gasteiger partial charge in [-0.25, -0.2) is 4.39 Å². The Kier molecular flexibility index (Phi) is 14.0. The molecule has 0 bridgehead atoms. The van der Waals surface area contributed by atoms with Gasteiger partial charge in [0.25, 0.3) is 0 Å². The molecule has 0 amide bonds. The highest BCUT2D eigenvalue weighted by Gasteiger charge is 2.35. The van der Waals surface area contributed by atoms with Gasteiger partial charge in [0.1, 0.15) is 5.82 Å². The van der Waals surface area contributed by atoms with Gasteiger partial charge in [-0.3, -0.25) is 0 Å². The van der Waals surface area contributed by atoms with Crippen molar-refractivity contribution in [3.05, 3.63) is 35.1 Å². The molecular weight excluding hydrogens is 484 g/mol. The zero-order valence-corrected chi connectivity index (χ0v) is 24.1. The number of unbranched alkanes of at least 4 members (excludes halogenated alkanes) is 12. The molecule has 3 rings (SSSR count). The SMILES string of the molecule is CCCCCCCCCCCCCCCC1CCC(C2CCC(c3ccc(C(F)(F)F)c(F)c3)CC2)CC1. The molecule has 1 aromatic carbocycles. The molecule has 38 heavy (non-hydrogen) atoms. The van der Waals surface area contributed by atoms with Crippen molar-refractivity contribution in [2.75, 3.05) is 0 Å². The van der Waals surface area contributed by atoms with Crippen LogP contribution in [0.15, 0.2) is 18.2 Å². The third kappa shape index (κ3) is 10.8. The molecule has 0 heterocycles. The summed E-state index contributed by atoms with van der Waals surface area (Å²) in [5.41, 5.74) is -0.402. The summed E-state index contributed by atoms with van der Waals surface area (Å²) in [5, 5.41) is 0. The van der Waals surface area contributed by atoms with Crippen LogP contribution in [0, 0.1) is 23.6 Å². The van der Waals surface area contributed by atoms with Crippen LogP contribution in [0.5, 0.6) is 0 Å². The molecule has 0 spiro atoms. The minimum Gasteiger partial charge on any atom is -0.206 e. The number of hydrogen-bond donors (Lipinski definition) is 0. The van der Waals surface area contributed by atoms with Crippen LogP contribution in [0.2, 0.25) is 0 Å². The van der Waals surface area contributed by atoms with Gasteiger partial charge in [-0.1, -0.05) is 116 Å². The molecule has 0 atom stereocenters. The lowest BCUT2D eigenvalue weighted by atomic mass is 9.68. The summed E-state index contributed by atoms with van der Waals surface area (Å²) in [6, 6.07) is 3.56. The molecule has 2 aliphatic carbocycles. The van der Waals surface area contributed by atoms with Crippen molar-refractivity contribution in [2.45, 2.75) is 160 Å². The number of halogens is 4. The van der Waals surface area contributed by atoms with Crippen LogP contribution in [0.1, 0.15) is 165 Å². The smallest absolute Gasteiger partial charge is 0.206 e. The molecule has 0 N–H and O–H groups in total. The summed E-state index contributed by atoms with van der Waals surface area (Å²) in [6.45, 7) is 2.28. The van der Waals surface area contributed by atoms with Gasteiger partial charge in [-0.2, -0.15) is 13.2 Å². The second kappa shape index (κ2) is 16.9. The van der Waals surface area contributed by atoms with Crippen LogP contribution in [0.25, 0.3) is 0 Å². The van der Waals surface area contributed by atoms with Crippen molar-refractivity contribution in [2.24, 2.45) is 17.8 Å². The first-order valence-corrected chi connectivity index (χ1v) is 16.2. The van der Waals surface area contributed by atoms with Gasteiger partial charge in [0, 0.05) is 0 Å². The summed E-state index contributed by atoms with van der Waals surface area (Å²) in [4.78, 5) is 0. The zero-order chi connectivity index (χ0) is 27.2. The third-order valence-electron chi connectivity index (χ3n) is 9.82. The lowest BCUT2D eigenvalue weighted by Gasteiger charge is -2.38. The maximum Gasteiger partial charge on any atom is 0.419 e. The summed E-state index contributed by atoms with van der Waals surface area (Å²) >= 11 is 0. The van der Waals surface area contributed by atoms with Crippen molar-refractivity contribution in [1.29, 1.82) is 0 Å². The van der Waals surface area contributed by atoms with Crippen LogP contribution >= 0.6 is 0 Å². The van der Waals surface area contributed by atoms with Crippen molar-refractivity contribution in [1.82, 2.24) is 0 Å². The third-order valence-corrected chi connectivity index (χ3v) is 9.82. The van der Waals surface area contributed by atoms with Crippen LogP contribution in [-0.2, 0) is 6.18 Å². The Morgan fingerprint density at radius 1 is 0.632 bits per heavy atom. The molecule has 1 aromatic rings. The fourth-order valence-corrected chi connectivity index (χ4v) is 7.34. The van der Waals surface area contributed by atoms with Gasteiger partial charge >= 0.3 is 6.18 Å². The van der Waals surface area contributed by atoms with Crippen LogP contribution < -0.4 is 0 Å². The standard InChI is InChI=1S/C34H54F4/c1-2-3-4-5-6-7-8-9-10-11-12-13-14-15-27-16-18-28(19-17-27)29-20-22-30(23-21-29)31-24-25-32(33(35)26-31)34(36,37)38/h24-30H,2-23H2,1H3. The first-order valence-electron chi connectivity index (χ1n) is 16.2. The van der Waals surface area contributed by atoms with E-state index in [9.17, 15) is 17.6 Å². The Balaban J connectivity index is 1.20. The highest BCUT2D eigenvalue weighted by molar-refractivity contribution is 5.29. The summed E-state index contributed by atoms with van der Waals surface area (Å²) in [5.74, 6) is 1.57. The normalized spacial score (nSPS) is 24.6. The van der Waals surface area contributed by atoms with E-state index in [1.807, 2.05) is 0 Å². The van der Waals surface area contributed by atoms with E-state index in [0.717, 1.165) is 61.1 Å². The number of alkyl halides is 3. The van der Waals surface area contributed by atoms with Crippen molar-refractivity contribution >= 4 is 0 Å². The van der Waals surface area contributed by atoms with E-state index in [2.05, 4.69) is 6.92 Å². The fraction of sp³-hybridized carbons (Fsp3) is 0.824. The molecule has 4 heteroatoms. The zero-order valence-electron chi connectivity index (χ0n) is 24.1. The van der Waals surface area contributed by atoms with Gasteiger partial charge in [-0.05, 0) is 79.9 Å². The Bertz CT molecular complexity index is 754. The van der Waals surface area contributed by atoms with Gasteiger partial charge in [0.2, 0.25) is 0 Å². The molecule has 0 unspecified atom stereocenters. The van der Waals surface area contributed by atoms with E-state index in [1.54, 1.807) is 0 Å². The minimum atomic E-state index is -4.62. The van der Waals surface area contributed by atoms with E-state index in [0.29, 0.717) is 0 Å². The lowest BCUT2D eigenvalue weighted by molar-refractivity contribution is -0.140. The van der Waals surface area contributed by atoms with Gasteiger partial charge in [0.15, 0.2) is 0 Å². The van der Waals surface area contributed by atoms with Crippen LogP contribution in [0.4, 0.5) is 17.6 Å². The highest BCUT2D eigenvalue weighted by Crippen LogP contribution is 2.45. The molecule has 0 aliphatic heterocycles. The predicted octanol–water partition coefficient (Wildman–Crippen LogP) is 12.4. The first kappa shape index (κ1) is 31.5. The molecule has 218 valence electrons. The highest BCUT2D eigenvalue weighted by atomic mass is 19.4. The molecule has 0 nitrogen and oxygen atoms in total. The van der Waals surface area contributed by atoms with Crippen LogP contribution in [-0.4, -0.2) is 0 Å². The van der Waals surface area contributed by atoms with E-state index in [-0.39, 0.29) is 5.92 Å². The minimum absolute atomic E-state index is 0.204.